The van der Waals surface area contributed by atoms with Crippen molar-refractivity contribution in [2.75, 3.05) is 0 Å². The highest BCUT2D eigenvalue weighted by molar-refractivity contribution is 6.20. The van der Waals surface area contributed by atoms with Crippen molar-refractivity contribution >= 4 is 65.2 Å². The zero-order valence-corrected chi connectivity index (χ0v) is 31.5. The van der Waals surface area contributed by atoms with Gasteiger partial charge in [0.2, 0.25) is 0 Å². The molecule has 1 aliphatic rings. The van der Waals surface area contributed by atoms with Crippen molar-refractivity contribution in [3.8, 4) is 55.9 Å². The van der Waals surface area contributed by atoms with Crippen molar-refractivity contribution in [3.05, 3.63) is 206 Å². The number of para-hydroxylation sites is 2. The summed E-state index contributed by atoms with van der Waals surface area (Å²) in [7, 11) is 0. The second kappa shape index (κ2) is 11.9. The summed E-state index contributed by atoms with van der Waals surface area (Å²) in [5.41, 5.74) is 17.4. The van der Waals surface area contributed by atoms with Crippen molar-refractivity contribution < 1.29 is 0 Å². The van der Waals surface area contributed by atoms with E-state index in [1.165, 1.54) is 115 Å². The molecule has 0 unspecified atom stereocenters. The monoisotopic (exact) mass is 734 g/mol. The third-order valence-corrected chi connectivity index (χ3v) is 12.6. The van der Waals surface area contributed by atoms with Crippen LogP contribution in [0.2, 0.25) is 0 Å². The number of hydrogen-bond donors (Lipinski definition) is 0. The molecular weight excluding hydrogens is 701 g/mol. The van der Waals surface area contributed by atoms with E-state index >= 15 is 0 Å². The summed E-state index contributed by atoms with van der Waals surface area (Å²) in [6, 6.07) is 76.2. The third-order valence-electron chi connectivity index (χ3n) is 12.6. The molecule has 10 aromatic carbocycles. The molecule has 58 heavy (non-hydrogen) atoms. The maximum atomic E-state index is 2.43. The lowest BCUT2D eigenvalue weighted by molar-refractivity contribution is 1.18. The molecule has 0 aliphatic heterocycles. The third kappa shape index (κ3) is 4.43. The van der Waals surface area contributed by atoms with Crippen molar-refractivity contribution in [3.63, 3.8) is 0 Å². The molecule has 2 heterocycles. The van der Waals surface area contributed by atoms with Crippen LogP contribution >= 0.6 is 0 Å². The molecule has 2 aromatic heterocycles. The Hall–Kier alpha value is -7.68. The van der Waals surface area contributed by atoms with E-state index in [2.05, 4.69) is 215 Å². The second-order valence-corrected chi connectivity index (χ2v) is 15.7. The summed E-state index contributed by atoms with van der Waals surface area (Å²) in [5, 5.41) is 10.2. The van der Waals surface area contributed by atoms with Gasteiger partial charge in [-0.05, 0) is 127 Å². The highest BCUT2D eigenvalue weighted by atomic mass is 15.0. The van der Waals surface area contributed by atoms with Crippen LogP contribution in [-0.4, -0.2) is 9.13 Å². The Morgan fingerprint density at radius 3 is 1.66 bits per heavy atom. The number of nitrogens with zero attached hydrogens (tertiary/aromatic N) is 2. The Balaban J connectivity index is 0.935. The standard InChI is InChI=1S/C56H34N2/c1-2-13-41(14-3-1)58-54-30-25-38(33-50(54)48-28-23-36-11-4-5-15-43(36)56(48)58)37-24-29-53-49(32-37)46-18-8-9-20-52(46)57(53)42-26-21-35(22-27-42)40-31-39-12-10-19-47-44-16-6-7-17-45(44)51(34-40)55(39)47/h1-34H. The van der Waals surface area contributed by atoms with Crippen LogP contribution in [0.25, 0.3) is 121 Å². The van der Waals surface area contributed by atoms with E-state index in [1.807, 2.05) is 0 Å². The van der Waals surface area contributed by atoms with Gasteiger partial charge in [0.1, 0.15) is 0 Å². The van der Waals surface area contributed by atoms with E-state index in [0.717, 1.165) is 5.69 Å². The molecule has 0 saturated heterocycles. The first-order valence-electron chi connectivity index (χ1n) is 20.1. The van der Waals surface area contributed by atoms with E-state index in [4.69, 9.17) is 0 Å². The molecule has 0 atom stereocenters. The van der Waals surface area contributed by atoms with Gasteiger partial charge in [0.25, 0.3) is 0 Å². The summed E-state index contributed by atoms with van der Waals surface area (Å²) < 4.78 is 4.85. The lowest BCUT2D eigenvalue weighted by Gasteiger charge is -2.11. The maximum Gasteiger partial charge on any atom is 0.0619 e. The minimum absolute atomic E-state index is 1.16. The molecule has 268 valence electrons. The van der Waals surface area contributed by atoms with E-state index < -0.39 is 0 Å². The highest BCUT2D eigenvalue weighted by Crippen LogP contribution is 2.49. The molecule has 12 aromatic rings. The average Bonchev–Trinajstić information content (AvgIpc) is 3.93. The number of benzene rings is 10. The van der Waals surface area contributed by atoms with Gasteiger partial charge < -0.3 is 9.13 Å². The molecule has 2 nitrogen and oxygen atoms in total. The minimum atomic E-state index is 1.16. The molecule has 0 saturated carbocycles. The Labute approximate surface area is 335 Å². The fourth-order valence-electron chi connectivity index (χ4n) is 10.0. The van der Waals surface area contributed by atoms with Gasteiger partial charge in [0.15, 0.2) is 0 Å². The Bertz CT molecular complexity index is 3660. The average molecular weight is 735 g/mol. The molecular formula is C56H34N2. The van der Waals surface area contributed by atoms with Crippen LogP contribution in [0.5, 0.6) is 0 Å². The molecule has 0 spiro atoms. The van der Waals surface area contributed by atoms with Crippen LogP contribution in [0, 0.1) is 0 Å². The first-order valence-corrected chi connectivity index (χ1v) is 20.1. The lowest BCUT2D eigenvalue weighted by atomic mass is 9.96. The van der Waals surface area contributed by atoms with Gasteiger partial charge in [-0.25, -0.2) is 0 Å². The molecule has 0 fully saturated rings. The summed E-state index contributed by atoms with van der Waals surface area (Å²) in [4.78, 5) is 0. The van der Waals surface area contributed by atoms with Gasteiger partial charge in [0.05, 0.1) is 22.1 Å². The maximum absolute atomic E-state index is 2.43. The Morgan fingerprint density at radius 2 is 0.845 bits per heavy atom. The number of hydrogen-bond acceptors (Lipinski definition) is 0. The predicted octanol–water partition coefficient (Wildman–Crippen LogP) is 15.2. The van der Waals surface area contributed by atoms with Gasteiger partial charge in [-0.1, -0.05) is 140 Å². The molecule has 0 bridgehead atoms. The molecule has 0 amide bonds. The minimum Gasteiger partial charge on any atom is -0.309 e. The number of rotatable bonds is 4. The quantitative estimate of drug-likeness (QED) is 0.170. The van der Waals surface area contributed by atoms with Gasteiger partial charge in [-0.3, -0.25) is 0 Å². The summed E-state index contributed by atoms with van der Waals surface area (Å²) in [5.74, 6) is 0. The summed E-state index contributed by atoms with van der Waals surface area (Å²) >= 11 is 0. The smallest absolute Gasteiger partial charge is 0.0619 e. The molecule has 0 radical (unpaired) electrons. The number of aromatic nitrogens is 2. The Kier molecular flexibility index (Phi) is 6.47. The normalized spacial score (nSPS) is 12.1. The SMILES string of the molecule is c1ccc(-n2c3ccc(-c4ccc5c(c4)c4ccccc4n5-c4ccc(-c5cc6c7c(cccc7c5)-c5ccccc5-6)cc4)cc3c3ccc4ccccc4c32)cc1. The van der Waals surface area contributed by atoms with Crippen LogP contribution < -0.4 is 0 Å². The van der Waals surface area contributed by atoms with Crippen molar-refractivity contribution in [1.82, 2.24) is 9.13 Å². The largest absolute Gasteiger partial charge is 0.309 e. The van der Waals surface area contributed by atoms with E-state index in [0.29, 0.717) is 0 Å². The van der Waals surface area contributed by atoms with Gasteiger partial charge in [0, 0.05) is 38.3 Å². The van der Waals surface area contributed by atoms with Gasteiger partial charge >= 0.3 is 0 Å². The number of fused-ring (bicyclic) bond motifs is 11. The van der Waals surface area contributed by atoms with Gasteiger partial charge in [-0.15, -0.1) is 0 Å². The van der Waals surface area contributed by atoms with Crippen LogP contribution in [0.1, 0.15) is 0 Å². The Morgan fingerprint density at radius 1 is 0.259 bits per heavy atom. The molecule has 2 heteroatoms. The van der Waals surface area contributed by atoms with Crippen molar-refractivity contribution in [2.45, 2.75) is 0 Å². The zero-order valence-electron chi connectivity index (χ0n) is 31.5. The van der Waals surface area contributed by atoms with Crippen LogP contribution in [0.4, 0.5) is 0 Å². The van der Waals surface area contributed by atoms with E-state index in [-0.39, 0.29) is 0 Å². The fraction of sp³-hybridized carbons (Fsp3) is 0. The fourth-order valence-corrected chi connectivity index (χ4v) is 10.0. The molecule has 1 aliphatic carbocycles. The summed E-state index contributed by atoms with van der Waals surface area (Å²) in [6.07, 6.45) is 0. The summed E-state index contributed by atoms with van der Waals surface area (Å²) in [6.45, 7) is 0. The van der Waals surface area contributed by atoms with Gasteiger partial charge in [-0.2, -0.15) is 0 Å². The first-order chi connectivity index (χ1) is 28.8. The van der Waals surface area contributed by atoms with Crippen molar-refractivity contribution in [2.24, 2.45) is 0 Å². The van der Waals surface area contributed by atoms with Crippen molar-refractivity contribution in [1.29, 1.82) is 0 Å². The second-order valence-electron chi connectivity index (χ2n) is 15.7. The van der Waals surface area contributed by atoms with E-state index in [1.54, 1.807) is 0 Å². The topological polar surface area (TPSA) is 9.86 Å². The lowest BCUT2D eigenvalue weighted by Crippen LogP contribution is -1.94. The zero-order chi connectivity index (χ0) is 37.9. The molecule has 0 N–H and O–H groups in total. The van der Waals surface area contributed by atoms with E-state index in [9.17, 15) is 0 Å². The van der Waals surface area contributed by atoms with Crippen LogP contribution in [0.15, 0.2) is 206 Å². The molecule has 13 rings (SSSR count). The predicted molar refractivity (Wildman–Crippen MR) is 245 cm³/mol. The highest BCUT2D eigenvalue weighted by Gasteiger charge is 2.22. The first kappa shape index (κ1) is 31.5. The van der Waals surface area contributed by atoms with Crippen LogP contribution in [-0.2, 0) is 0 Å². The van der Waals surface area contributed by atoms with Crippen LogP contribution in [0.3, 0.4) is 0 Å².